The highest BCUT2D eigenvalue weighted by atomic mass is 16.6. The molecule has 0 saturated carbocycles. The molecule has 1 heterocycles. The quantitative estimate of drug-likeness (QED) is 0.590. The molecule has 0 radical (unpaired) electrons. The van der Waals surface area contributed by atoms with E-state index in [-0.39, 0.29) is 16.0 Å². The van der Waals surface area contributed by atoms with Crippen LogP contribution in [0.15, 0.2) is 41.5 Å². The van der Waals surface area contributed by atoms with Gasteiger partial charge in [0.25, 0.3) is 5.69 Å². The third-order valence-electron chi connectivity index (χ3n) is 5.10. The predicted octanol–water partition coefficient (Wildman–Crippen LogP) is 2.14. The Kier molecular flexibility index (Phi) is 2.91. The Morgan fingerprint density at radius 2 is 2.09 bits per heavy atom. The number of nitro benzene ring substituents is 1. The SMILES string of the molecule is CN1CC(C)(C)CC2=C3C=c4cccc([N+](=O)[O-])c4=C3C=CC21. The minimum atomic E-state index is -0.274. The summed E-state index contributed by atoms with van der Waals surface area (Å²) in [7, 11) is 2.16. The van der Waals surface area contributed by atoms with Crippen LogP contribution in [0.2, 0.25) is 0 Å². The molecule has 0 bridgehead atoms. The van der Waals surface area contributed by atoms with E-state index in [0.717, 1.165) is 29.0 Å². The Morgan fingerprint density at radius 3 is 2.83 bits per heavy atom. The third-order valence-corrected chi connectivity index (χ3v) is 5.10. The van der Waals surface area contributed by atoms with E-state index in [2.05, 4.69) is 44.0 Å². The van der Waals surface area contributed by atoms with Crippen molar-refractivity contribution in [3.05, 3.63) is 62.0 Å². The van der Waals surface area contributed by atoms with Crippen LogP contribution in [0.5, 0.6) is 0 Å². The number of rotatable bonds is 1. The number of hydrogen-bond donors (Lipinski definition) is 0. The van der Waals surface area contributed by atoms with Crippen LogP contribution in [-0.4, -0.2) is 29.5 Å². The summed E-state index contributed by atoms with van der Waals surface area (Å²) >= 11 is 0. The second-order valence-corrected chi connectivity index (χ2v) is 7.56. The molecule has 4 heteroatoms. The molecule has 1 unspecified atom stereocenters. The van der Waals surface area contributed by atoms with Crippen LogP contribution in [-0.2, 0) is 0 Å². The minimum absolute atomic E-state index is 0.205. The molecule has 1 aromatic carbocycles. The molecule has 1 atom stereocenters. The molecular weight excluding hydrogens is 288 g/mol. The van der Waals surface area contributed by atoms with Crippen molar-refractivity contribution >= 4 is 17.3 Å². The molecule has 1 aliphatic heterocycles. The Balaban J connectivity index is 2.01. The molecular formula is C19H20N2O2. The standard InChI is InChI=1S/C19H20N2O2/c1-19(2)10-15-14-9-12-5-4-6-17(21(22)23)18(12)13(14)7-8-16(15)20(3)11-19/h4-9,16H,10-11H2,1-3H3. The van der Waals surface area contributed by atoms with E-state index < -0.39 is 0 Å². The largest absolute Gasteiger partial charge is 0.296 e. The number of nitro groups is 1. The van der Waals surface area contributed by atoms with Gasteiger partial charge in [0.2, 0.25) is 0 Å². The fourth-order valence-corrected chi connectivity index (χ4v) is 4.35. The number of non-ortho nitro benzene ring substituents is 1. The molecule has 0 aromatic heterocycles. The molecule has 3 aliphatic rings. The number of likely N-dealkylation sites (N-methyl/N-ethyl adjacent to an activating group) is 1. The first-order valence-corrected chi connectivity index (χ1v) is 7.99. The molecule has 0 amide bonds. The van der Waals surface area contributed by atoms with Crippen molar-refractivity contribution in [1.29, 1.82) is 0 Å². The van der Waals surface area contributed by atoms with Crippen LogP contribution in [0.25, 0.3) is 11.6 Å². The lowest BCUT2D eigenvalue weighted by Crippen LogP contribution is -2.46. The van der Waals surface area contributed by atoms with Gasteiger partial charge in [-0.05, 0) is 46.9 Å². The van der Waals surface area contributed by atoms with Crippen LogP contribution in [0.1, 0.15) is 20.3 Å². The molecule has 118 valence electrons. The Hall–Kier alpha value is -2.20. The highest BCUT2D eigenvalue weighted by Gasteiger charge is 2.37. The summed E-state index contributed by atoms with van der Waals surface area (Å²) in [6.45, 7) is 5.63. The molecule has 1 fully saturated rings. The molecule has 0 N–H and O–H groups in total. The number of benzene rings is 1. The van der Waals surface area contributed by atoms with Gasteiger partial charge in [0, 0.05) is 12.6 Å². The molecule has 23 heavy (non-hydrogen) atoms. The van der Waals surface area contributed by atoms with Crippen LogP contribution in [0.3, 0.4) is 0 Å². The summed E-state index contributed by atoms with van der Waals surface area (Å²) < 4.78 is 0. The van der Waals surface area contributed by atoms with Crippen molar-refractivity contribution in [2.45, 2.75) is 26.3 Å². The van der Waals surface area contributed by atoms with E-state index in [0.29, 0.717) is 6.04 Å². The van der Waals surface area contributed by atoms with E-state index >= 15 is 0 Å². The van der Waals surface area contributed by atoms with Crippen molar-refractivity contribution in [2.24, 2.45) is 5.41 Å². The van der Waals surface area contributed by atoms with Gasteiger partial charge in [-0.2, -0.15) is 0 Å². The Labute approximate surface area is 135 Å². The number of likely N-dealkylation sites (tertiary alicyclic amines) is 1. The first-order chi connectivity index (χ1) is 10.9. The predicted molar refractivity (Wildman–Crippen MR) is 91.2 cm³/mol. The van der Waals surface area contributed by atoms with Gasteiger partial charge in [-0.3, -0.25) is 15.0 Å². The normalized spacial score (nSPS) is 24.8. The fraction of sp³-hybridized carbons (Fsp3) is 0.368. The van der Waals surface area contributed by atoms with Crippen LogP contribution in [0.4, 0.5) is 5.69 Å². The summed E-state index contributed by atoms with van der Waals surface area (Å²) in [4.78, 5) is 13.5. The molecule has 4 nitrogen and oxygen atoms in total. The van der Waals surface area contributed by atoms with Crippen molar-refractivity contribution in [2.75, 3.05) is 13.6 Å². The summed E-state index contributed by atoms with van der Waals surface area (Å²) in [5.74, 6) is 0. The maximum Gasteiger partial charge on any atom is 0.277 e. The smallest absolute Gasteiger partial charge is 0.277 e. The number of allylic oxidation sites excluding steroid dienone is 2. The lowest BCUT2D eigenvalue weighted by atomic mass is 9.74. The fourth-order valence-electron chi connectivity index (χ4n) is 4.35. The number of hydrogen-bond acceptors (Lipinski definition) is 3. The number of fused-ring (bicyclic) bond motifs is 3. The number of nitrogens with zero attached hydrogens (tertiary/aromatic N) is 2. The van der Waals surface area contributed by atoms with Gasteiger partial charge < -0.3 is 0 Å². The lowest BCUT2D eigenvalue weighted by Gasteiger charge is -2.44. The van der Waals surface area contributed by atoms with Crippen molar-refractivity contribution < 1.29 is 4.92 Å². The highest BCUT2D eigenvalue weighted by Crippen LogP contribution is 2.42. The van der Waals surface area contributed by atoms with E-state index in [1.807, 2.05) is 6.07 Å². The van der Waals surface area contributed by atoms with Gasteiger partial charge >= 0.3 is 0 Å². The van der Waals surface area contributed by atoms with Crippen molar-refractivity contribution in [1.82, 2.24) is 4.90 Å². The van der Waals surface area contributed by atoms with Crippen LogP contribution < -0.4 is 10.4 Å². The second kappa shape index (κ2) is 4.65. The van der Waals surface area contributed by atoms with Gasteiger partial charge in [-0.1, -0.05) is 38.1 Å². The third kappa shape index (κ3) is 2.09. The van der Waals surface area contributed by atoms with Crippen molar-refractivity contribution in [3.8, 4) is 0 Å². The summed E-state index contributed by atoms with van der Waals surface area (Å²) in [6.07, 6.45) is 7.44. The van der Waals surface area contributed by atoms with Gasteiger partial charge in [0.15, 0.2) is 0 Å². The molecule has 4 rings (SSSR count). The van der Waals surface area contributed by atoms with E-state index in [4.69, 9.17) is 0 Å². The van der Waals surface area contributed by atoms with E-state index in [9.17, 15) is 10.1 Å². The highest BCUT2D eigenvalue weighted by molar-refractivity contribution is 5.91. The average molecular weight is 308 g/mol. The lowest BCUT2D eigenvalue weighted by molar-refractivity contribution is -0.386. The maximum absolute atomic E-state index is 11.4. The maximum atomic E-state index is 11.4. The average Bonchev–Trinajstić information content (AvgIpc) is 2.85. The van der Waals surface area contributed by atoms with E-state index in [1.165, 1.54) is 11.1 Å². The zero-order valence-electron chi connectivity index (χ0n) is 13.7. The summed E-state index contributed by atoms with van der Waals surface area (Å²) in [6, 6.07) is 5.66. The van der Waals surface area contributed by atoms with Gasteiger partial charge in [-0.15, -0.1) is 0 Å². The van der Waals surface area contributed by atoms with Gasteiger partial charge in [0.05, 0.1) is 16.2 Å². The monoisotopic (exact) mass is 308 g/mol. The minimum Gasteiger partial charge on any atom is -0.296 e. The molecule has 0 spiro atoms. The van der Waals surface area contributed by atoms with Crippen LogP contribution in [0, 0.1) is 15.5 Å². The molecule has 1 aromatic rings. The Morgan fingerprint density at radius 1 is 1.30 bits per heavy atom. The molecule has 2 aliphatic carbocycles. The second-order valence-electron chi connectivity index (χ2n) is 7.56. The first-order valence-electron chi connectivity index (χ1n) is 7.99. The zero-order valence-corrected chi connectivity index (χ0v) is 13.7. The first kappa shape index (κ1) is 14.4. The molecule has 1 saturated heterocycles. The van der Waals surface area contributed by atoms with Gasteiger partial charge in [-0.25, -0.2) is 0 Å². The Bertz CT molecular complexity index is 906. The van der Waals surface area contributed by atoms with Crippen LogP contribution >= 0.6 is 0 Å². The number of piperidine rings is 1. The van der Waals surface area contributed by atoms with Gasteiger partial charge in [0.1, 0.15) is 0 Å². The van der Waals surface area contributed by atoms with Crippen molar-refractivity contribution in [3.63, 3.8) is 0 Å². The summed E-state index contributed by atoms with van der Waals surface area (Å²) in [5.41, 5.74) is 4.03. The zero-order chi connectivity index (χ0) is 16.4. The topological polar surface area (TPSA) is 46.4 Å². The van der Waals surface area contributed by atoms with E-state index in [1.54, 1.807) is 12.1 Å². The summed E-state index contributed by atoms with van der Waals surface area (Å²) in [5, 5.41) is 13.1.